The first-order valence-electron chi connectivity index (χ1n) is 12.4. The summed E-state index contributed by atoms with van der Waals surface area (Å²) in [5.41, 5.74) is 1.35. The van der Waals surface area contributed by atoms with Crippen LogP contribution in [-0.2, 0) is 9.53 Å². The van der Waals surface area contributed by atoms with Crippen LogP contribution in [0.2, 0.25) is 15.1 Å². The summed E-state index contributed by atoms with van der Waals surface area (Å²) in [5, 5.41) is 6.50. The van der Waals surface area contributed by atoms with E-state index in [1.54, 1.807) is 76.3 Å². The predicted molar refractivity (Wildman–Crippen MR) is 166 cm³/mol. The van der Waals surface area contributed by atoms with Gasteiger partial charge in [0, 0.05) is 40.1 Å². The lowest BCUT2D eigenvalue weighted by Gasteiger charge is -2.25. The first-order chi connectivity index (χ1) is 19.1. The van der Waals surface area contributed by atoms with E-state index in [9.17, 15) is 14.4 Å². The van der Waals surface area contributed by atoms with E-state index in [4.69, 9.17) is 62.7 Å². The molecule has 2 atom stereocenters. The van der Waals surface area contributed by atoms with Crippen LogP contribution in [0.5, 0.6) is 0 Å². The summed E-state index contributed by atoms with van der Waals surface area (Å²) in [6, 6.07) is 16.1. The van der Waals surface area contributed by atoms with E-state index < -0.39 is 39.7 Å². The first-order valence-corrected chi connectivity index (χ1v) is 14.3. The minimum atomic E-state index is -1.36. The molecule has 7 nitrogen and oxygen atoms in total. The fraction of sp³-hybridized carbons (Fsp3) is 0.276. The van der Waals surface area contributed by atoms with E-state index in [0.717, 1.165) is 0 Å². The highest BCUT2D eigenvalue weighted by atomic mass is 35.5. The van der Waals surface area contributed by atoms with Crippen molar-refractivity contribution in [2.75, 3.05) is 22.6 Å². The van der Waals surface area contributed by atoms with Gasteiger partial charge in [0.05, 0.1) is 16.5 Å². The van der Waals surface area contributed by atoms with Gasteiger partial charge < -0.3 is 15.4 Å². The van der Waals surface area contributed by atoms with Crippen molar-refractivity contribution in [2.45, 2.75) is 36.6 Å². The van der Waals surface area contributed by atoms with Crippen LogP contribution in [0.25, 0.3) is 0 Å². The van der Waals surface area contributed by atoms with E-state index in [1.807, 2.05) is 0 Å². The number of rotatable bonds is 6. The maximum Gasteiger partial charge on any atom is 0.414 e. The number of alkyl halides is 2. The number of amides is 3. The Hall–Kier alpha value is -2.68. The standard InChI is InChI=1S/C29H26Cl5N3O4/c1-28(2,3)41-27(40)37(4)20-7-5-6-18(13-20)35-25(38)21-14-19(8-9-22(21)32)36-26(39)24-23(29(24,33)34)15-10-16(30)12-17(31)11-15/h5-14,23-24H,1-4H3,(H,35,38)(H,36,39)/t23-,24+/m0/s1. The van der Waals surface area contributed by atoms with Crippen molar-refractivity contribution < 1.29 is 19.1 Å². The Bertz CT molecular complexity index is 1500. The molecule has 1 fully saturated rings. The molecule has 0 heterocycles. The van der Waals surface area contributed by atoms with Crippen LogP contribution >= 0.6 is 58.0 Å². The third kappa shape index (κ3) is 7.40. The molecule has 1 aliphatic carbocycles. The maximum absolute atomic E-state index is 13.1. The second-order valence-corrected chi connectivity index (χ2v) is 13.3. The van der Waals surface area contributed by atoms with E-state index in [2.05, 4.69) is 10.6 Å². The highest BCUT2D eigenvalue weighted by molar-refractivity contribution is 6.53. The Balaban J connectivity index is 1.47. The van der Waals surface area contributed by atoms with Gasteiger partial charge in [-0.05, 0) is 80.9 Å². The molecule has 3 aromatic rings. The van der Waals surface area contributed by atoms with Crippen LogP contribution < -0.4 is 15.5 Å². The van der Waals surface area contributed by atoms with Crippen LogP contribution in [0.15, 0.2) is 60.7 Å². The van der Waals surface area contributed by atoms with Crippen molar-refractivity contribution in [1.82, 2.24) is 0 Å². The second kappa shape index (κ2) is 11.9. The van der Waals surface area contributed by atoms with Gasteiger partial charge in [-0.25, -0.2) is 4.79 Å². The van der Waals surface area contributed by atoms with Crippen LogP contribution in [0.1, 0.15) is 42.6 Å². The van der Waals surface area contributed by atoms with Gasteiger partial charge in [0.1, 0.15) is 9.93 Å². The number of hydrogen-bond acceptors (Lipinski definition) is 4. The number of carbonyl (C=O) groups is 3. The SMILES string of the molecule is CN(C(=O)OC(C)(C)C)c1cccc(NC(=O)c2cc(NC(=O)[C@H]3[C@H](c4cc(Cl)cc(Cl)c4)C3(Cl)Cl)ccc2Cl)c1. The number of hydrogen-bond donors (Lipinski definition) is 2. The van der Waals surface area contributed by atoms with Crippen LogP contribution in [-0.4, -0.2) is 34.9 Å². The summed E-state index contributed by atoms with van der Waals surface area (Å²) >= 11 is 31.5. The summed E-state index contributed by atoms with van der Waals surface area (Å²) in [4.78, 5) is 40.0. The summed E-state index contributed by atoms with van der Waals surface area (Å²) in [6.07, 6.45) is -0.540. The lowest BCUT2D eigenvalue weighted by molar-refractivity contribution is -0.117. The number of benzene rings is 3. The van der Waals surface area contributed by atoms with Crippen LogP contribution in [0, 0.1) is 5.92 Å². The summed E-state index contributed by atoms with van der Waals surface area (Å²) in [5.74, 6) is -2.27. The number of nitrogens with zero attached hydrogens (tertiary/aromatic N) is 1. The molecule has 1 saturated carbocycles. The van der Waals surface area contributed by atoms with Gasteiger partial charge in [-0.2, -0.15) is 0 Å². The molecule has 0 aromatic heterocycles. The highest BCUT2D eigenvalue weighted by Crippen LogP contribution is 2.65. The molecule has 0 unspecified atom stereocenters. The van der Waals surface area contributed by atoms with Gasteiger partial charge in [0.2, 0.25) is 5.91 Å². The third-order valence-corrected chi connectivity index (χ3v) is 7.92. The van der Waals surface area contributed by atoms with E-state index in [-0.39, 0.29) is 10.6 Å². The normalized spacial score (nSPS) is 17.4. The fourth-order valence-corrected chi connectivity index (χ4v) is 5.82. The molecule has 2 N–H and O–H groups in total. The quantitative estimate of drug-likeness (QED) is 0.260. The molecule has 3 aromatic carbocycles. The number of anilines is 3. The monoisotopic (exact) mass is 655 g/mol. The number of halogens is 5. The Kier molecular flexibility index (Phi) is 9.07. The minimum Gasteiger partial charge on any atom is -0.443 e. The minimum absolute atomic E-state index is 0.118. The van der Waals surface area contributed by atoms with Gasteiger partial charge in [-0.3, -0.25) is 14.5 Å². The Labute approximate surface area is 263 Å². The molecule has 0 radical (unpaired) electrons. The largest absolute Gasteiger partial charge is 0.443 e. The Morgan fingerprint density at radius 1 is 0.878 bits per heavy atom. The van der Waals surface area contributed by atoms with Crippen molar-refractivity contribution >= 4 is 93.0 Å². The lowest BCUT2D eigenvalue weighted by Crippen LogP contribution is -2.34. The molecule has 0 bridgehead atoms. The lowest BCUT2D eigenvalue weighted by atomic mass is 10.1. The maximum atomic E-state index is 13.1. The third-order valence-electron chi connectivity index (χ3n) is 6.22. The summed E-state index contributed by atoms with van der Waals surface area (Å²) in [6.45, 7) is 5.32. The van der Waals surface area contributed by atoms with Crippen LogP contribution in [0.3, 0.4) is 0 Å². The molecule has 1 aliphatic rings. The Morgan fingerprint density at radius 2 is 1.51 bits per heavy atom. The molecular weight excluding hydrogens is 632 g/mol. The Morgan fingerprint density at radius 3 is 2.15 bits per heavy atom. The second-order valence-electron chi connectivity index (χ2n) is 10.6. The smallest absolute Gasteiger partial charge is 0.414 e. The van der Waals surface area contributed by atoms with Crippen molar-refractivity contribution in [3.63, 3.8) is 0 Å². The zero-order valence-electron chi connectivity index (χ0n) is 22.4. The van der Waals surface area contributed by atoms with Gasteiger partial charge in [-0.15, -0.1) is 23.2 Å². The topological polar surface area (TPSA) is 87.7 Å². The molecule has 4 rings (SSSR count). The molecule has 0 saturated heterocycles. The molecule has 12 heteroatoms. The summed E-state index contributed by atoms with van der Waals surface area (Å²) in [7, 11) is 1.57. The molecule has 0 aliphatic heterocycles. The van der Waals surface area contributed by atoms with Crippen molar-refractivity contribution in [3.8, 4) is 0 Å². The molecule has 41 heavy (non-hydrogen) atoms. The van der Waals surface area contributed by atoms with Crippen molar-refractivity contribution in [2.24, 2.45) is 5.92 Å². The number of carbonyl (C=O) groups excluding carboxylic acids is 3. The van der Waals surface area contributed by atoms with Gasteiger partial charge >= 0.3 is 6.09 Å². The van der Waals surface area contributed by atoms with Gasteiger partial charge in [-0.1, -0.05) is 40.9 Å². The van der Waals surface area contributed by atoms with E-state index >= 15 is 0 Å². The van der Waals surface area contributed by atoms with Gasteiger partial charge in [0.15, 0.2) is 0 Å². The molecular formula is C29H26Cl5N3O4. The number of nitrogens with one attached hydrogen (secondary N) is 2. The summed E-state index contributed by atoms with van der Waals surface area (Å²) < 4.78 is 4.04. The number of ether oxygens (including phenoxy) is 1. The molecule has 216 valence electrons. The molecule has 3 amide bonds. The van der Waals surface area contributed by atoms with Gasteiger partial charge in [0.25, 0.3) is 5.91 Å². The molecule has 0 spiro atoms. The van der Waals surface area contributed by atoms with Crippen molar-refractivity contribution in [3.05, 3.63) is 86.9 Å². The fourth-order valence-electron chi connectivity index (χ4n) is 4.25. The first kappa shape index (κ1) is 31.3. The average molecular weight is 658 g/mol. The van der Waals surface area contributed by atoms with E-state index in [1.165, 1.54) is 17.0 Å². The highest BCUT2D eigenvalue weighted by Gasteiger charge is 2.67. The zero-order valence-corrected chi connectivity index (χ0v) is 26.2. The van der Waals surface area contributed by atoms with Crippen LogP contribution in [0.4, 0.5) is 21.9 Å². The average Bonchev–Trinajstić information content (AvgIpc) is 3.45. The predicted octanol–water partition coefficient (Wildman–Crippen LogP) is 8.80. The van der Waals surface area contributed by atoms with E-state index in [0.29, 0.717) is 32.7 Å². The van der Waals surface area contributed by atoms with Crippen molar-refractivity contribution in [1.29, 1.82) is 0 Å². The zero-order chi connectivity index (χ0) is 30.3.